The zero-order chi connectivity index (χ0) is 86.5. The van der Waals surface area contributed by atoms with Crippen molar-refractivity contribution < 1.29 is 0 Å². The van der Waals surface area contributed by atoms with Crippen molar-refractivity contribution in [1.82, 2.24) is 29.1 Å². The molecule has 6 heteroatoms. The topological polar surface area (TPSA) is 61.4 Å². The van der Waals surface area contributed by atoms with E-state index >= 15 is 0 Å². The van der Waals surface area contributed by atoms with E-state index in [0.717, 1.165) is 134 Å². The first-order chi connectivity index (χ1) is 63.9. The standard InChI is InChI=1S/C124H86N6/c1-123(2)109-46-23-18-41-99(109)100-59-56-85(73-110(100)123)87-66-89(70-91(68-87)129-117-47-24-19-42-105(117)106-43-20-25-48-118(106)129)94-62-64-104(98-40-17-15-38-96(94)98)116-76-114(126-122(128-116)81-33-12-7-13-34-81)79-53-51-77(52-54-79)82-35-28-36-83(65-82)84-55-58-101-102-60-57-86(74-112(102)124(3,4)111(101)72-84)88-67-90(71-92(69-88)130-119-49-26-21-44-107(119)108-45-22-27-50-120(108)130)93-61-63-103(97-39-16-14-37-95(93)97)115-75-113(78-29-8-5-9-30-78)125-121(127-115)80-31-10-6-11-32-80/h5-71,73-76,84H,72H2,1-4H3. The molecule has 6 nitrogen and oxygen atoms in total. The summed E-state index contributed by atoms with van der Waals surface area (Å²) in [6.07, 6.45) is 5.80. The molecule has 4 heterocycles. The van der Waals surface area contributed by atoms with Gasteiger partial charge in [0.05, 0.1) is 44.8 Å². The highest BCUT2D eigenvalue weighted by atomic mass is 15.0. The van der Waals surface area contributed by atoms with Gasteiger partial charge in [0.1, 0.15) is 0 Å². The zero-order valence-corrected chi connectivity index (χ0v) is 72.5. The molecule has 130 heavy (non-hydrogen) atoms. The van der Waals surface area contributed by atoms with Crippen LogP contribution in [0.25, 0.3) is 217 Å². The van der Waals surface area contributed by atoms with Crippen molar-refractivity contribution in [1.29, 1.82) is 0 Å². The number of hydrogen-bond acceptors (Lipinski definition) is 4. The molecule has 18 aromatic carbocycles. The third-order valence-corrected chi connectivity index (χ3v) is 28.2. The number of rotatable bonds is 14. The lowest BCUT2D eigenvalue weighted by Gasteiger charge is -2.29. The summed E-state index contributed by atoms with van der Waals surface area (Å²) in [6, 6.07) is 154. The van der Waals surface area contributed by atoms with Gasteiger partial charge < -0.3 is 9.13 Å². The molecular weight excluding hydrogens is 1570 g/mol. The van der Waals surface area contributed by atoms with Crippen LogP contribution in [0.5, 0.6) is 0 Å². The molecular formula is C124H86N6. The largest absolute Gasteiger partial charge is 0.309 e. The van der Waals surface area contributed by atoms with Crippen molar-refractivity contribution in [3.8, 4) is 146 Å². The SMILES string of the molecule is CC1(C)C2=C(C=CC(c3cccc(-c4ccc(-c5cc(-c6ccc(-c7cc(-c8ccc9c(c8)C(C)(C)c8ccccc8-9)cc(-n8c9ccccc9c9ccccc98)c7)c7ccccc67)nc(-c6ccccc6)n5)cc4)c3)C2)c2ccc(-c3cc(-c4ccc(-c5cc(-c6ccccc6)nc(-c6ccccc6)n5)c5ccccc45)cc(-n4c5ccccc5c5ccccc54)c3)cc21. The highest BCUT2D eigenvalue weighted by Crippen LogP contribution is 2.56. The van der Waals surface area contributed by atoms with Gasteiger partial charge in [-0.2, -0.15) is 0 Å². The maximum atomic E-state index is 5.49. The van der Waals surface area contributed by atoms with E-state index in [9.17, 15) is 0 Å². The molecule has 0 aliphatic heterocycles. The molecule has 3 aliphatic carbocycles. The van der Waals surface area contributed by atoms with Crippen molar-refractivity contribution in [3.05, 3.63) is 464 Å². The van der Waals surface area contributed by atoms with Gasteiger partial charge in [-0.15, -0.1) is 0 Å². The third kappa shape index (κ3) is 12.6. The number of para-hydroxylation sites is 4. The Kier molecular flexibility index (Phi) is 17.7. The number of fused-ring (bicyclic) bond motifs is 13. The summed E-state index contributed by atoms with van der Waals surface area (Å²) in [4.78, 5) is 21.4. The predicted octanol–water partition coefficient (Wildman–Crippen LogP) is 32.2. The molecule has 0 amide bonds. The van der Waals surface area contributed by atoms with E-state index in [1.165, 1.54) is 110 Å². The first-order valence-electron chi connectivity index (χ1n) is 45.2. The molecule has 1 atom stereocenters. The van der Waals surface area contributed by atoms with Crippen molar-refractivity contribution >= 4 is 70.7 Å². The molecule has 612 valence electrons. The van der Waals surface area contributed by atoms with Crippen molar-refractivity contribution in [2.24, 2.45) is 0 Å². The summed E-state index contributed by atoms with van der Waals surface area (Å²) in [5.41, 5.74) is 39.8. The molecule has 22 aromatic rings. The second-order valence-electron chi connectivity index (χ2n) is 36.3. The fourth-order valence-electron chi connectivity index (χ4n) is 21.7. The number of benzene rings is 18. The quantitative estimate of drug-likeness (QED) is 0.109. The Balaban J connectivity index is 0.531. The van der Waals surface area contributed by atoms with E-state index in [-0.39, 0.29) is 16.7 Å². The Labute approximate surface area is 755 Å². The summed E-state index contributed by atoms with van der Waals surface area (Å²) in [5, 5.41) is 9.45. The van der Waals surface area contributed by atoms with Crippen LogP contribution < -0.4 is 0 Å². The van der Waals surface area contributed by atoms with Crippen LogP contribution in [-0.4, -0.2) is 29.1 Å². The van der Waals surface area contributed by atoms with Gasteiger partial charge >= 0.3 is 0 Å². The summed E-state index contributed by atoms with van der Waals surface area (Å²) in [7, 11) is 0. The first kappa shape index (κ1) is 76.2. The summed E-state index contributed by atoms with van der Waals surface area (Å²) < 4.78 is 4.92. The molecule has 1 unspecified atom stereocenters. The summed E-state index contributed by atoms with van der Waals surface area (Å²) >= 11 is 0. The van der Waals surface area contributed by atoms with Crippen molar-refractivity contribution in [3.63, 3.8) is 0 Å². The summed E-state index contributed by atoms with van der Waals surface area (Å²) in [5.74, 6) is 1.55. The Morgan fingerprint density at radius 3 is 1.08 bits per heavy atom. The normalized spacial score (nSPS) is 14.1. The van der Waals surface area contributed by atoms with Crippen LogP contribution in [0.4, 0.5) is 0 Å². The highest BCUT2D eigenvalue weighted by Gasteiger charge is 2.40. The molecule has 0 bridgehead atoms. The monoisotopic (exact) mass is 1660 g/mol. The molecule has 3 aliphatic rings. The highest BCUT2D eigenvalue weighted by molar-refractivity contribution is 6.13. The van der Waals surface area contributed by atoms with E-state index in [0.29, 0.717) is 11.6 Å². The van der Waals surface area contributed by atoms with Crippen molar-refractivity contribution in [2.75, 3.05) is 0 Å². The average molecular weight is 1660 g/mol. The van der Waals surface area contributed by atoms with Crippen molar-refractivity contribution in [2.45, 2.75) is 50.9 Å². The Morgan fingerprint density at radius 1 is 0.231 bits per heavy atom. The van der Waals surface area contributed by atoms with Gasteiger partial charge in [0, 0.05) is 83.0 Å². The minimum atomic E-state index is -0.251. The zero-order valence-electron chi connectivity index (χ0n) is 72.5. The van der Waals surface area contributed by atoms with Crippen LogP contribution in [0, 0.1) is 0 Å². The maximum Gasteiger partial charge on any atom is 0.160 e. The number of aromatic nitrogens is 6. The van der Waals surface area contributed by atoms with Crippen LogP contribution in [0.3, 0.4) is 0 Å². The van der Waals surface area contributed by atoms with Gasteiger partial charge in [0.2, 0.25) is 0 Å². The average Bonchev–Trinajstić information content (AvgIpc) is 1.59. The lowest BCUT2D eigenvalue weighted by molar-refractivity contribution is 0.591. The number of hydrogen-bond donors (Lipinski definition) is 0. The van der Waals surface area contributed by atoms with Crippen LogP contribution in [0.1, 0.15) is 67.9 Å². The minimum absolute atomic E-state index is 0.153. The Morgan fingerprint density at radius 2 is 0.585 bits per heavy atom. The molecule has 25 rings (SSSR count). The van der Waals surface area contributed by atoms with E-state index < -0.39 is 0 Å². The van der Waals surface area contributed by atoms with E-state index in [1.54, 1.807) is 0 Å². The van der Waals surface area contributed by atoms with Gasteiger partial charge in [-0.3, -0.25) is 0 Å². The van der Waals surface area contributed by atoms with Gasteiger partial charge in [-0.1, -0.05) is 379 Å². The van der Waals surface area contributed by atoms with E-state index in [2.05, 4.69) is 461 Å². The second-order valence-corrected chi connectivity index (χ2v) is 36.3. The lowest BCUT2D eigenvalue weighted by atomic mass is 9.74. The van der Waals surface area contributed by atoms with Crippen LogP contribution in [0.15, 0.2) is 436 Å². The van der Waals surface area contributed by atoms with E-state index in [1.807, 2.05) is 6.07 Å². The number of nitrogens with zero attached hydrogens (tertiary/aromatic N) is 6. The molecule has 0 fully saturated rings. The second kappa shape index (κ2) is 30.2. The summed E-state index contributed by atoms with van der Waals surface area (Å²) in [6.45, 7) is 9.64. The van der Waals surface area contributed by atoms with Crippen LogP contribution >= 0.6 is 0 Å². The predicted molar refractivity (Wildman–Crippen MR) is 542 cm³/mol. The molecule has 4 aromatic heterocycles. The smallest absolute Gasteiger partial charge is 0.160 e. The maximum absolute atomic E-state index is 5.49. The minimum Gasteiger partial charge on any atom is -0.309 e. The molecule has 0 radical (unpaired) electrons. The molecule has 0 N–H and O–H groups in total. The lowest BCUT2D eigenvalue weighted by Crippen LogP contribution is -2.19. The van der Waals surface area contributed by atoms with Gasteiger partial charge in [-0.25, -0.2) is 19.9 Å². The van der Waals surface area contributed by atoms with Gasteiger partial charge in [0.15, 0.2) is 11.6 Å². The fourth-order valence-corrected chi connectivity index (χ4v) is 21.7. The van der Waals surface area contributed by atoms with E-state index in [4.69, 9.17) is 19.9 Å². The van der Waals surface area contributed by atoms with Crippen LogP contribution in [0.2, 0.25) is 0 Å². The Bertz CT molecular complexity index is 8330. The fraction of sp³-hybridized carbons (Fsp3) is 0.0645. The molecule has 0 saturated heterocycles. The molecule has 0 saturated carbocycles. The van der Waals surface area contributed by atoms with Gasteiger partial charge in [-0.05, 0) is 213 Å². The number of allylic oxidation sites excluding steroid dienone is 4. The van der Waals surface area contributed by atoms with Crippen LogP contribution in [-0.2, 0) is 10.8 Å². The third-order valence-electron chi connectivity index (χ3n) is 28.2. The molecule has 0 spiro atoms. The Hall–Kier alpha value is -16.3. The van der Waals surface area contributed by atoms with Gasteiger partial charge in [0.25, 0.3) is 0 Å². The first-order valence-corrected chi connectivity index (χ1v) is 45.2.